The number of piperidine rings is 1. The van der Waals surface area contributed by atoms with E-state index in [1.165, 1.54) is 0 Å². The van der Waals surface area contributed by atoms with Crippen LogP contribution in [-0.4, -0.2) is 47.4 Å². The Balaban J connectivity index is 1.68. The van der Waals surface area contributed by atoms with Crippen molar-refractivity contribution in [2.45, 2.75) is 25.7 Å². The standard InChI is InChI=1S/C21H25NO5/c1-26-19-8-7-16(11-20(19)27-14-15-5-3-2-4-6-15)12-22-10-9-18(23)17(13-22)21(24)25/h2-8,11,17-18,23H,9-10,12-14H2,1H3,(H,24,25)/t17-,18-/m0/s1. The zero-order valence-corrected chi connectivity index (χ0v) is 15.4. The van der Waals surface area contributed by atoms with E-state index in [2.05, 4.69) is 0 Å². The number of hydrogen-bond acceptors (Lipinski definition) is 5. The topological polar surface area (TPSA) is 79.2 Å². The lowest BCUT2D eigenvalue weighted by Gasteiger charge is -2.34. The maximum absolute atomic E-state index is 11.3. The highest BCUT2D eigenvalue weighted by Crippen LogP contribution is 2.30. The summed E-state index contributed by atoms with van der Waals surface area (Å²) in [7, 11) is 1.61. The van der Waals surface area contributed by atoms with Gasteiger partial charge in [-0.25, -0.2) is 0 Å². The molecule has 2 atom stereocenters. The quantitative estimate of drug-likeness (QED) is 0.779. The van der Waals surface area contributed by atoms with Crippen LogP contribution in [0.4, 0.5) is 0 Å². The number of aliphatic hydroxyl groups excluding tert-OH is 1. The molecule has 6 nitrogen and oxygen atoms in total. The Kier molecular flexibility index (Phi) is 6.32. The number of aliphatic carboxylic acids is 1. The van der Waals surface area contributed by atoms with Crippen LogP contribution in [0.3, 0.4) is 0 Å². The van der Waals surface area contributed by atoms with Crippen LogP contribution in [0.2, 0.25) is 0 Å². The largest absolute Gasteiger partial charge is 0.493 e. The molecule has 2 aromatic rings. The predicted molar refractivity (Wildman–Crippen MR) is 101 cm³/mol. The van der Waals surface area contributed by atoms with Crippen molar-refractivity contribution in [3.8, 4) is 11.5 Å². The van der Waals surface area contributed by atoms with Crippen molar-refractivity contribution in [2.24, 2.45) is 5.92 Å². The number of carbonyl (C=O) groups is 1. The Labute approximate surface area is 159 Å². The summed E-state index contributed by atoms with van der Waals surface area (Å²) >= 11 is 0. The molecule has 1 saturated heterocycles. The van der Waals surface area contributed by atoms with Crippen LogP contribution < -0.4 is 9.47 Å². The molecule has 0 radical (unpaired) electrons. The number of carboxylic acid groups (broad SMARTS) is 1. The molecular formula is C21H25NO5. The van der Waals surface area contributed by atoms with Gasteiger partial charge in [0.05, 0.1) is 19.1 Å². The minimum absolute atomic E-state index is 0.336. The summed E-state index contributed by atoms with van der Waals surface area (Å²) in [5, 5.41) is 19.1. The number of nitrogens with zero attached hydrogens (tertiary/aromatic N) is 1. The monoisotopic (exact) mass is 371 g/mol. The van der Waals surface area contributed by atoms with Gasteiger partial charge in [-0.05, 0) is 29.7 Å². The second kappa shape index (κ2) is 8.88. The molecule has 3 rings (SSSR count). The van der Waals surface area contributed by atoms with Crippen LogP contribution in [0.25, 0.3) is 0 Å². The lowest BCUT2D eigenvalue weighted by atomic mass is 9.94. The number of likely N-dealkylation sites (tertiary alicyclic amines) is 1. The second-order valence-corrected chi connectivity index (χ2v) is 6.80. The van der Waals surface area contributed by atoms with E-state index in [0.29, 0.717) is 44.2 Å². The Morgan fingerprint density at radius 1 is 1.15 bits per heavy atom. The molecule has 1 heterocycles. The number of rotatable bonds is 7. The van der Waals surface area contributed by atoms with Gasteiger partial charge >= 0.3 is 5.97 Å². The Morgan fingerprint density at radius 3 is 2.63 bits per heavy atom. The summed E-state index contributed by atoms with van der Waals surface area (Å²) in [6.07, 6.45) is -0.316. The zero-order chi connectivity index (χ0) is 19.2. The van der Waals surface area contributed by atoms with E-state index in [1.54, 1.807) is 7.11 Å². The second-order valence-electron chi connectivity index (χ2n) is 6.80. The van der Waals surface area contributed by atoms with Crippen LogP contribution in [0, 0.1) is 5.92 Å². The van der Waals surface area contributed by atoms with Crippen molar-refractivity contribution < 1.29 is 24.5 Å². The van der Waals surface area contributed by atoms with Crippen molar-refractivity contribution in [2.75, 3.05) is 20.2 Å². The molecular weight excluding hydrogens is 346 g/mol. The van der Waals surface area contributed by atoms with Crippen LogP contribution in [0.15, 0.2) is 48.5 Å². The van der Waals surface area contributed by atoms with Crippen molar-refractivity contribution in [1.29, 1.82) is 0 Å². The number of hydrogen-bond donors (Lipinski definition) is 2. The normalized spacial score (nSPS) is 20.2. The number of methoxy groups -OCH3 is 1. The number of ether oxygens (including phenoxy) is 2. The Morgan fingerprint density at radius 2 is 1.93 bits per heavy atom. The number of aliphatic hydroxyl groups is 1. The maximum atomic E-state index is 11.3. The Bertz CT molecular complexity index is 764. The fourth-order valence-corrected chi connectivity index (χ4v) is 3.32. The van der Waals surface area contributed by atoms with Gasteiger partial charge in [-0.15, -0.1) is 0 Å². The molecule has 1 aliphatic heterocycles. The van der Waals surface area contributed by atoms with Gasteiger partial charge < -0.3 is 19.7 Å². The van der Waals surface area contributed by atoms with E-state index < -0.39 is 18.0 Å². The van der Waals surface area contributed by atoms with E-state index in [0.717, 1.165) is 11.1 Å². The lowest BCUT2D eigenvalue weighted by molar-refractivity contribution is -0.149. The van der Waals surface area contributed by atoms with Crippen LogP contribution in [-0.2, 0) is 17.9 Å². The molecule has 0 spiro atoms. The molecule has 6 heteroatoms. The summed E-state index contributed by atoms with van der Waals surface area (Å²) in [4.78, 5) is 13.3. The first-order chi connectivity index (χ1) is 13.1. The molecule has 0 aromatic heterocycles. The first-order valence-electron chi connectivity index (χ1n) is 9.03. The van der Waals surface area contributed by atoms with E-state index >= 15 is 0 Å². The highest BCUT2D eigenvalue weighted by Gasteiger charge is 2.33. The molecule has 0 bridgehead atoms. The lowest BCUT2D eigenvalue weighted by Crippen LogP contribution is -2.46. The minimum atomic E-state index is -0.950. The zero-order valence-electron chi connectivity index (χ0n) is 15.4. The van der Waals surface area contributed by atoms with Crippen LogP contribution in [0.1, 0.15) is 17.5 Å². The third-order valence-corrected chi connectivity index (χ3v) is 4.85. The highest BCUT2D eigenvalue weighted by atomic mass is 16.5. The van der Waals surface area contributed by atoms with Crippen LogP contribution in [0.5, 0.6) is 11.5 Å². The number of carboxylic acids is 1. The molecule has 0 amide bonds. The fraction of sp³-hybridized carbons (Fsp3) is 0.381. The van der Waals surface area contributed by atoms with Gasteiger partial charge in [-0.3, -0.25) is 9.69 Å². The van der Waals surface area contributed by atoms with Gasteiger partial charge in [0.15, 0.2) is 11.5 Å². The minimum Gasteiger partial charge on any atom is -0.493 e. The fourth-order valence-electron chi connectivity index (χ4n) is 3.32. The highest BCUT2D eigenvalue weighted by molar-refractivity contribution is 5.71. The van der Waals surface area contributed by atoms with Gasteiger partial charge in [-0.2, -0.15) is 0 Å². The molecule has 1 fully saturated rings. The molecule has 2 aromatic carbocycles. The van der Waals surface area contributed by atoms with Gasteiger partial charge in [0.1, 0.15) is 6.61 Å². The third-order valence-electron chi connectivity index (χ3n) is 4.85. The number of benzene rings is 2. The molecule has 2 N–H and O–H groups in total. The van der Waals surface area contributed by atoms with Crippen LogP contribution >= 0.6 is 0 Å². The molecule has 0 unspecified atom stereocenters. The van der Waals surface area contributed by atoms with E-state index in [-0.39, 0.29) is 0 Å². The smallest absolute Gasteiger partial charge is 0.310 e. The first kappa shape index (κ1) is 19.2. The molecule has 27 heavy (non-hydrogen) atoms. The Hall–Kier alpha value is -2.57. The summed E-state index contributed by atoms with van der Waals surface area (Å²) in [6.45, 7) is 2.04. The van der Waals surface area contributed by atoms with Gasteiger partial charge in [0.25, 0.3) is 0 Å². The van der Waals surface area contributed by atoms with Crippen molar-refractivity contribution in [3.05, 3.63) is 59.7 Å². The molecule has 1 aliphatic rings. The first-order valence-corrected chi connectivity index (χ1v) is 9.03. The van der Waals surface area contributed by atoms with Crippen molar-refractivity contribution in [3.63, 3.8) is 0 Å². The SMILES string of the molecule is COc1ccc(CN2CC[C@H](O)[C@@H](C(=O)O)C2)cc1OCc1ccccc1. The molecule has 144 valence electrons. The predicted octanol–water partition coefficient (Wildman–Crippen LogP) is 2.54. The van der Waals surface area contributed by atoms with E-state index in [4.69, 9.17) is 9.47 Å². The van der Waals surface area contributed by atoms with Crippen molar-refractivity contribution in [1.82, 2.24) is 4.90 Å². The van der Waals surface area contributed by atoms with Gasteiger partial charge in [0, 0.05) is 19.6 Å². The average molecular weight is 371 g/mol. The summed E-state index contributed by atoms with van der Waals surface area (Å²) in [5.74, 6) is -0.377. The van der Waals surface area contributed by atoms with Crippen molar-refractivity contribution >= 4 is 5.97 Å². The van der Waals surface area contributed by atoms with E-state index in [1.807, 2.05) is 53.4 Å². The maximum Gasteiger partial charge on any atom is 0.310 e. The van der Waals surface area contributed by atoms with Gasteiger partial charge in [-0.1, -0.05) is 36.4 Å². The molecule has 0 aliphatic carbocycles. The third kappa shape index (κ3) is 4.99. The van der Waals surface area contributed by atoms with E-state index in [9.17, 15) is 15.0 Å². The summed E-state index contributed by atoms with van der Waals surface area (Å²) < 4.78 is 11.3. The summed E-state index contributed by atoms with van der Waals surface area (Å²) in [5.41, 5.74) is 2.08. The average Bonchev–Trinajstić information content (AvgIpc) is 2.68. The summed E-state index contributed by atoms with van der Waals surface area (Å²) in [6, 6.07) is 15.7. The molecule has 0 saturated carbocycles. The van der Waals surface area contributed by atoms with Gasteiger partial charge in [0.2, 0.25) is 0 Å².